The molecule has 6 nitrogen and oxygen atoms in total. The van der Waals surface area contributed by atoms with E-state index in [0.717, 1.165) is 5.56 Å². The van der Waals surface area contributed by atoms with Crippen molar-refractivity contribution >= 4 is 16.1 Å². The van der Waals surface area contributed by atoms with E-state index >= 15 is 0 Å². The van der Waals surface area contributed by atoms with Crippen LogP contribution in [-0.4, -0.2) is 37.8 Å². The van der Waals surface area contributed by atoms with Crippen molar-refractivity contribution in [2.24, 2.45) is 5.14 Å². The Balaban J connectivity index is 1.89. The van der Waals surface area contributed by atoms with E-state index in [-0.39, 0.29) is 13.2 Å². The highest BCUT2D eigenvalue weighted by molar-refractivity contribution is 7.89. The van der Waals surface area contributed by atoms with Crippen molar-refractivity contribution in [1.29, 1.82) is 0 Å². The first kappa shape index (κ1) is 14.8. The van der Waals surface area contributed by atoms with Crippen molar-refractivity contribution in [2.75, 3.05) is 13.1 Å². The van der Waals surface area contributed by atoms with Crippen LogP contribution in [0.3, 0.4) is 0 Å². The number of amides is 1. The van der Waals surface area contributed by atoms with E-state index in [9.17, 15) is 13.2 Å². The van der Waals surface area contributed by atoms with Gasteiger partial charge in [0.05, 0.1) is 5.25 Å². The number of carbonyl (C=O) groups is 1. The zero-order chi connectivity index (χ0) is 14.6. The van der Waals surface area contributed by atoms with Crippen LogP contribution in [0.15, 0.2) is 30.3 Å². The normalized spacial score (nSPS) is 19.6. The number of hydrogen-bond donors (Lipinski definition) is 1. The molecule has 1 unspecified atom stereocenters. The number of likely N-dealkylation sites (tertiary alicyclic amines) is 1. The minimum atomic E-state index is -3.61. The zero-order valence-corrected chi connectivity index (χ0v) is 11.9. The molecule has 1 aromatic rings. The molecule has 0 saturated carbocycles. The van der Waals surface area contributed by atoms with Crippen molar-refractivity contribution in [1.82, 2.24) is 4.90 Å². The van der Waals surface area contributed by atoms with E-state index in [2.05, 4.69) is 0 Å². The van der Waals surface area contributed by atoms with Gasteiger partial charge in [0.15, 0.2) is 0 Å². The summed E-state index contributed by atoms with van der Waals surface area (Å²) in [5.74, 6) is 0. The molecule has 0 bridgehead atoms. The molecular weight excluding hydrogens is 280 g/mol. The smallest absolute Gasteiger partial charge is 0.410 e. The van der Waals surface area contributed by atoms with Gasteiger partial charge in [0, 0.05) is 13.1 Å². The summed E-state index contributed by atoms with van der Waals surface area (Å²) in [5, 5.41) is 4.44. The SMILES string of the molecule is NS(=O)(=O)C1CCCN(C(=O)OCc2ccccc2)C1. The highest BCUT2D eigenvalue weighted by Gasteiger charge is 2.31. The van der Waals surface area contributed by atoms with Crippen molar-refractivity contribution in [2.45, 2.75) is 24.7 Å². The standard InChI is InChI=1S/C13H18N2O4S/c14-20(17,18)12-7-4-8-15(9-12)13(16)19-10-11-5-2-1-3-6-11/h1-3,5-6,12H,4,7-10H2,(H2,14,17,18). The van der Waals surface area contributed by atoms with Gasteiger partial charge >= 0.3 is 6.09 Å². The van der Waals surface area contributed by atoms with E-state index in [4.69, 9.17) is 9.88 Å². The molecule has 0 radical (unpaired) electrons. The van der Waals surface area contributed by atoms with Crippen molar-refractivity contribution in [3.05, 3.63) is 35.9 Å². The molecular formula is C13H18N2O4S. The fourth-order valence-electron chi connectivity index (χ4n) is 2.18. The summed E-state index contributed by atoms with van der Waals surface area (Å²) in [6.07, 6.45) is 0.602. The van der Waals surface area contributed by atoms with Gasteiger partial charge in [-0.2, -0.15) is 0 Å². The third-order valence-electron chi connectivity index (χ3n) is 3.31. The molecule has 1 heterocycles. The second kappa shape index (κ2) is 6.23. The van der Waals surface area contributed by atoms with Gasteiger partial charge in [-0.1, -0.05) is 30.3 Å². The minimum absolute atomic E-state index is 0.104. The van der Waals surface area contributed by atoms with Crippen LogP contribution in [0.1, 0.15) is 18.4 Å². The molecule has 0 spiro atoms. The average Bonchev–Trinajstić information content (AvgIpc) is 2.45. The van der Waals surface area contributed by atoms with E-state index in [1.54, 1.807) is 0 Å². The molecule has 20 heavy (non-hydrogen) atoms. The summed E-state index contributed by atoms with van der Waals surface area (Å²) in [5.41, 5.74) is 0.890. The second-order valence-electron chi connectivity index (χ2n) is 4.84. The van der Waals surface area contributed by atoms with Gasteiger partial charge in [-0.05, 0) is 18.4 Å². The van der Waals surface area contributed by atoms with E-state index < -0.39 is 21.4 Å². The maximum atomic E-state index is 11.9. The molecule has 2 rings (SSSR count). The molecule has 1 fully saturated rings. The van der Waals surface area contributed by atoms with Crippen LogP contribution in [0.4, 0.5) is 4.79 Å². The molecule has 1 saturated heterocycles. The van der Waals surface area contributed by atoms with Crippen molar-refractivity contribution in [3.8, 4) is 0 Å². The van der Waals surface area contributed by atoms with E-state index in [1.807, 2.05) is 30.3 Å². The first-order valence-corrected chi connectivity index (χ1v) is 8.05. The number of rotatable bonds is 3. The van der Waals surface area contributed by atoms with Crippen LogP contribution in [0, 0.1) is 0 Å². The number of sulfonamides is 1. The van der Waals surface area contributed by atoms with Crippen molar-refractivity contribution < 1.29 is 17.9 Å². The van der Waals surface area contributed by atoms with Gasteiger partial charge in [-0.15, -0.1) is 0 Å². The van der Waals surface area contributed by atoms with Crippen LogP contribution in [0.25, 0.3) is 0 Å². The first-order valence-electron chi connectivity index (χ1n) is 6.44. The summed E-state index contributed by atoms with van der Waals surface area (Å²) in [4.78, 5) is 13.3. The Hall–Kier alpha value is -1.60. The summed E-state index contributed by atoms with van der Waals surface area (Å²) < 4.78 is 27.8. The molecule has 2 N–H and O–H groups in total. The molecule has 0 aromatic heterocycles. The Morgan fingerprint density at radius 3 is 2.70 bits per heavy atom. The first-order chi connectivity index (χ1) is 9.47. The summed E-state index contributed by atoms with van der Waals surface area (Å²) in [6, 6.07) is 9.32. The fourth-order valence-corrected chi connectivity index (χ4v) is 3.07. The topological polar surface area (TPSA) is 89.7 Å². The van der Waals surface area contributed by atoms with Crippen LogP contribution in [0.5, 0.6) is 0 Å². The van der Waals surface area contributed by atoms with Gasteiger partial charge in [0.2, 0.25) is 10.0 Å². The van der Waals surface area contributed by atoms with Gasteiger partial charge < -0.3 is 9.64 Å². The Morgan fingerprint density at radius 1 is 1.35 bits per heavy atom. The van der Waals surface area contributed by atoms with Crippen LogP contribution in [0.2, 0.25) is 0 Å². The maximum absolute atomic E-state index is 11.9. The predicted molar refractivity (Wildman–Crippen MR) is 74.3 cm³/mol. The number of piperidine rings is 1. The Morgan fingerprint density at radius 2 is 2.05 bits per heavy atom. The summed E-state index contributed by atoms with van der Waals surface area (Å²) in [6.45, 7) is 0.780. The molecule has 1 amide bonds. The number of carbonyl (C=O) groups excluding carboxylic acids is 1. The number of benzene rings is 1. The lowest BCUT2D eigenvalue weighted by molar-refractivity contribution is 0.0899. The Kier molecular flexibility index (Phi) is 4.61. The summed E-state index contributed by atoms with van der Waals surface area (Å²) in [7, 11) is -3.61. The highest BCUT2D eigenvalue weighted by Crippen LogP contribution is 2.16. The second-order valence-corrected chi connectivity index (χ2v) is 6.68. The average molecular weight is 298 g/mol. The number of ether oxygens (including phenoxy) is 1. The van der Waals surface area contributed by atoms with E-state index in [0.29, 0.717) is 19.4 Å². The monoisotopic (exact) mass is 298 g/mol. The van der Waals surface area contributed by atoms with Crippen LogP contribution >= 0.6 is 0 Å². The van der Waals surface area contributed by atoms with Crippen molar-refractivity contribution in [3.63, 3.8) is 0 Å². The number of hydrogen-bond acceptors (Lipinski definition) is 4. The molecule has 1 aromatic carbocycles. The lowest BCUT2D eigenvalue weighted by Gasteiger charge is -2.30. The zero-order valence-electron chi connectivity index (χ0n) is 11.1. The number of nitrogens with zero attached hydrogens (tertiary/aromatic N) is 1. The van der Waals surface area contributed by atoms with E-state index in [1.165, 1.54) is 4.90 Å². The largest absolute Gasteiger partial charge is 0.445 e. The quantitative estimate of drug-likeness (QED) is 0.904. The molecule has 1 aliphatic heterocycles. The lowest BCUT2D eigenvalue weighted by atomic mass is 10.1. The summed E-state index contributed by atoms with van der Waals surface area (Å²) >= 11 is 0. The Labute approximate surface area is 118 Å². The molecule has 1 atom stereocenters. The van der Waals surface area contributed by atoms with Gasteiger partial charge in [-0.3, -0.25) is 0 Å². The maximum Gasteiger partial charge on any atom is 0.410 e. The third-order valence-corrected chi connectivity index (χ3v) is 4.62. The van der Waals surface area contributed by atoms with Crippen LogP contribution < -0.4 is 5.14 Å². The van der Waals surface area contributed by atoms with Gasteiger partial charge in [-0.25, -0.2) is 18.4 Å². The minimum Gasteiger partial charge on any atom is -0.445 e. The van der Waals surface area contributed by atoms with Gasteiger partial charge in [0.1, 0.15) is 6.61 Å². The lowest BCUT2D eigenvalue weighted by Crippen LogP contribution is -2.47. The highest BCUT2D eigenvalue weighted by atomic mass is 32.2. The third kappa shape index (κ3) is 3.94. The fraction of sp³-hybridized carbons (Fsp3) is 0.462. The van der Waals surface area contributed by atoms with Crippen LogP contribution in [-0.2, 0) is 21.4 Å². The van der Waals surface area contributed by atoms with Gasteiger partial charge in [0.25, 0.3) is 0 Å². The number of primary sulfonamides is 1. The predicted octanol–water partition coefficient (Wildman–Crippen LogP) is 1.08. The molecule has 7 heteroatoms. The molecule has 110 valence electrons. The number of nitrogens with two attached hydrogens (primary N) is 1. The Bertz CT molecular complexity index is 559. The molecule has 1 aliphatic rings. The molecule has 0 aliphatic carbocycles.